The van der Waals surface area contributed by atoms with E-state index in [9.17, 15) is 0 Å². The van der Waals surface area contributed by atoms with Gasteiger partial charge in [0.25, 0.3) is 0 Å². The molecule has 0 N–H and O–H groups in total. The smallest absolute Gasteiger partial charge is 0.222 e. The normalized spacial score (nSPS) is 12.9. The average molecular weight is 287 g/mol. The van der Waals surface area contributed by atoms with Crippen LogP contribution in [0.5, 0.6) is 0 Å². The molecule has 18 heavy (non-hydrogen) atoms. The van der Waals surface area contributed by atoms with Crippen LogP contribution in [-0.2, 0) is 11.0 Å². The van der Waals surface area contributed by atoms with Crippen molar-refractivity contribution >= 4 is 19.9 Å². The Labute approximate surface area is 116 Å². The second kappa shape index (κ2) is 5.27. The molecule has 0 saturated carbocycles. The Morgan fingerprint density at radius 2 is 1.56 bits per heavy atom. The molecule has 0 aliphatic heterocycles. The van der Waals surface area contributed by atoms with Crippen LogP contribution in [0.3, 0.4) is 0 Å². The van der Waals surface area contributed by atoms with E-state index in [0.29, 0.717) is 11.9 Å². The number of nitrogens with zero attached hydrogens (tertiary/aromatic N) is 2. The Morgan fingerprint density at radius 1 is 1.11 bits per heavy atom. The van der Waals surface area contributed by atoms with Crippen molar-refractivity contribution < 1.29 is 4.43 Å². The third kappa shape index (κ3) is 3.53. The molecule has 0 amide bonds. The van der Waals surface area contributed by atoms with E-state index >= 15 is 0 Å². The van der Waals surface area contributed by atoms with Crippen LogP contribution in [-0.4, -0.2) is 18.3 Å². The van der Waals surface area contributed by atoms with Crippen LogP contribution in [0.4, 0.5) is 0 Å². The molecule has 0 aromatic carbocycles. The van der Waals surface area contributed by atoms with Crippen molar-refractivity contribution in [1.82, 2.24) is 9.97 Å². The van der Waals surface area contributed by atoms with Gasteiger partial charge in [-0.05, 0) is 43.6 Å². The molecule has 0 aliphatic carbocycles. The highest BCUT2D eigenvalue weighted by Crippen LogP contribution is 2.37. The molecule has 0 radical (unpaired) electrons. The van der Waals surface area contributed by atoms with E-state index in [1.54, 1.807) is 0 Å². The number of aromatic nitrogens is 2. The summed E-state index contributed by atoms with van der Waals surface area (Å²) in [4.78, 5) is 8.37. The Bertz CT molecular complexity index is 418. The third-order valence-corrected chi connectivity index (χ3v) is 8.42. The van der Waals surface area contributed by atoms with Crippen molar-refractivity contribution in [3.05, 3.63) is 22.2 Å². The minimum absolute atomic E-state index is 0.210. The molecule has 3 nitrogen and oxygen atoms in total. The lowest BCUT2D eigenvalue weighted by Crippen LogP contribution is -2.40. The molecule has 0 spiro atoms. The molecule has 102 valence electrons. The number of hydrogen-bond acceptors (Lipinski definition) is 3. The molecule has 5 heteroatoms. The summed E-state index contributed by atoms with van der Waals surface area (Å²) in [6.45, 7) is 15.7. The van der Waals surface area contributed by atoms with Crippen LogP contribution in [0.15, 0.2) is 0 Å². The van der Waals surface area contributed by atoms with Gasteiger partial charge in [0.1, 0.15) is 0 Å². The lowest BCUT2D eigenvalue weighted by atomic mass is 10.2. The molecular formula is C13H23ClN2OSi. The quantitative estimate of drug-likeness (QED) is 0.615. The lowest BCUT2D eigenvalue weighted by Gasteiger charge is -2.36. The first-order valence-electron chi connectivity index (χ1n) is 6.18. The first kappa shape index (κ1) is 15.6. The maximum atomic E-state index is 6.20. The maximum Gasteiger partial charge on any atom is 0.222 e. The van der Waals surface area contributed by atoms with Gasteiger partial charge >= 0.3 is 0 Å². The molecule has 0 bridgehead atoms. The van der Waals surface area contributed by atoms with Crippen LogP contribution in [0.2, 0.25) is 23.4 Å². The zero-order valence-electron chi connectivity index (χ0n) is 12.4. The number of rotatable bonds is 3. The van der Waals surface area contributed by atoms with Gasteiger partial charge in [0, 0.05) is 17.0 Å². The topological polar surface area (TPSA) is 35.0 Å². The second-order valence-electron chi connectivity index (χ2n) is 6.19. The summed E-state index contributed by atoms with van der Waals surface area (Å²) in [5.74, 6) is 0. The largest absolute Gasteiger partial charge is 0.412 e. The summed E-state index contributed by atoms with van der Waals surface area (Å²) in [6, 6.07) is 0. The minimum Gasteiger partial charge on any atom is -0.412 e. The molecule has 1 heterocycles. The lowest BCUT2D eigenvalue weighted by molar-refractivity contribution is 0.274. The molecular weight excluding hydrogens is 264 g/mol. The Balaban J connectivity index is 2.88. The Kier molecular flexibility index (Phi) is 4.57. The van der Waals surface area contributed by atoms with Crippen LogP contribution in [0, 0.1) is 13.8 Å². The molecule has 1 rings (SSSR count). The van der Waals surface area contributed by atoms with Gasteiger partial charge in [-0.2, -0.15) is 0 Å². The zero-order valence-corrected chi connectivity index (χ0v) is 14.1. The standard InChI is InChI=1S/C13H23ClN2OSi/c1-9-11(10(2)16-12(14)15-9)8-17-18(6,7)13(3,4)5/h8H2,1-7H3. The predicted octanol–water partition coefficient (Wildman–Crippen LogP) is 4.27. The number of hydrogen-bond donors (Lipinski definition) is 0. The van der Waals surface area contributed by atoms with Gasteiger partial charge < -0.3 is 4.43 Å². The first-order valence-corrected chi connectivity index (χ1v) is 9.47. The van der Waals surface area contributed by atoms with Crippen molar-refractivity contribution in [3.8, 4) is 0 Å². The summed E-state index contributed by atoms with van der Waals surface area (Å²) < 4.78 is 6.20. The van der Waals surface area contributed by atoms with E-state index in [4.69, 9.17) is 16.0 Å². The van der Waals surface area contributed by atoms with Crippen LogP contribution < -0.4 is 0 Å². The Morgan fingerprint density at radius 3 is 1.94 bits per heavy atom. The van der Waals surface area contributed by atoms with E-state index in [-0.39, 0.29) is 5.04 Å². The van der Waals surface area contributed by atoms with Gasteiger partial charge in [0.15, 0.2) is 8.32 Å². The van der Waals surface area contributed by atoms with E-state index in [1.165, 1.54) is 0 Å². The highest BCUT2D eigenvalue weighted by molar-refractivity contribution is 6.74. The summed E-state index contributed by atoms with van der Waals surface area (Å²) in [5, 5.41) is 0.517. The van der Waals surface area contributed by atoms with Gasteiger partial charge in [0.2, 0.25) is 5.28 Å². The van der Waals surface area contributed by atoms with Gasteiger partial charge in [-0.15, -0.1) is 0 Å². The highest BCUT2D eigenvalue weighted by atomic mass is 35.5. The van der Waals surface area contributed by atoms with Gasteiger partial charge in [-0.25, -0.2) is 9.97 Å². The van der Waals surface area contributed by atoms with Crippen LogP contribution >= 0.6 is 11.6 Å². The van der Waals surface area contributed by atoms with Crippen LogP contribution in [0.25, 0.3) is 0 Å². The van der Waals surface area contributed by atoms with E-state index in [0.717, 1.165) is 17.0 Å². The van der Waals surface area contributed by atoms with Crippen molar-refractivity contribution in [3.63, 3.8) is 0 Å². The first-order chi connectivity index (χ1) is 8.04. The summed E-state index contributed by atoms with van der Waals surface area (Å²) in [6.07, 6.45) is 0. The fraction of sp³-hybridized carbons (Fsp3) is 0.692. The molecule has 0 saturated heterocycles. The minimum atomic E-state index is -1.74. The van der Waals surface area contributed by atoms with E-state index < -0.39 is 8.32 Å². The van der Waals surface area contributed by atoms with Crippen molar-refractivity contribution in [1.29, 1.82) is 0 Å². The van der Waals surface area contributed by atoms with Gasteiger partial charge in [-0.3, -0.25) is 0 Å². The SMILES string of the molecule is Cc1nc(Cl)nc(C)c1CO[Si](C)(C)C(C)(C)C. The van der Waals surface area contributed by atoms with Crippen molar-refractivity contribution in [2.24, 2.45) is 0 Å². The number of halogens is 1. The van der Waals surface area contributed by atoms with E-state index in [2.05, 4.69) is 43.8 Å². The molecule has 1 aromatic rings. The molecule has 0 atom stereocenters. The average Bonchev–Trinajstić information content (AvgIpc) is 2.13. The second-order valence-corrected chi connectivity index (χ2v) is 11.3. The van der Waals surface area contributed by atoms with Gasteiger partial charge in [0.05, 0.1) is 6.61 Å². The maximum absolute atomic E-state index is 6.20. The molecule has 0 aliphatic rings. The van der Waals surface area contributed by atoms with Gasteiger partial charge in [-0.1, -0.05) is 20.8 Å². The monoisotopic (exact) mass is 286 g/mol. The highest BCUT2D eigenvalue weighted by Gasteiger charge is 2.37. The summed E-state index contributed by atoms with van der Waals surface area (Å²) in [5.41, 5.74) is 2.88. The third-order valence-electron chi connectivity index (χ3n) is 3.78. The number of aryl methyl sites for hydroxylation is 2. The summed E-state index contributed by atoms with van der Waals surface area (Å²) >= 11 is 5.83. The molecule has 1 aromatic heterocycles. The zero-order chi connectivity index (χ0) is 14.1. The summed E-state index contributed by atoms with van der Waals surface area (Å²) in [7, 11) is -1.74. The molecule has 0 fully saturated rings. The predicted molar refractivity (Wildman–Crippen MR) is 78.5 cm³/mol. The van der Waals surface area contributed by atoms with Crippen LogP contribution in [0.1, 0.15) is 37.7 Å². The Hall–Kier alpha value is -0.453. The fourth-order valence-electron chi connectivity index (χ4n) is 1.38. The van der Waals surface area contributed by atoms with Crippen molar-refractivity contribution in [2.45, 2.75) is 59.4 Å². The van der Waals surface area contributed by atoms with E-state index in [1.807, 2.05) is 13.8 Å². The fourth-order valence-corrected chi connectivity index (χ4v) is 2.57. The van der Waals surface area contributed by atoms with Crippen molar-refractivity contribution in [2.75, 3.05) is 0 Å². The molecule has 0 unspecified atom stereocenters.